The Labute approximate surface area is 416 Å². The summed E-state index contributed by atoms with van der Waals surface area (Å²) in [4.78, 5) is 70.7. The molecule has 0 rings (SSSR count). The van der Waals surface area contributed by atoms with Crippen LogP contribution in [-0.4, -0.2) is 96.7 Å². The molecule has 0 saturated carbocycles. The van der Waals surface area contributed by atoms with Crippen LogP contribution in [0, 0.1) is 0 Å². The van der Waals surface area contributed by atoms with Crippen LogP contribution >= 0.6 is 15.6 Å². The summed E-state index contributed by atoms with van der Waals surface area (Å²) in [6, 6.07) is 0. The van der Waals surface area contributed by atoms with Crippen molar-refractivity contribution in [2.75, 3.05) is 39.6 Å². The van der Waals surface area contributed by atoms with Gasteiger partial charge in [-0.05, 0) is 25.7 Å². The van der Waals surface area contributed by atoms with Gasteiger partial charge in [0.2, 0.25) is 0 Å². The molecule has 17 nitrogen and oxygen atoms in total. The van der Waals surface area contributed by atoms with Gasteiger partial charge in [0.1, 0.15) is 19.3 Å². The predicted octanol–water partition coefficient (Wildman–Crippen LogP) is 12.5. The van der Waals surface area contributed by atoms with Gasteiger partial charge in [-0.15, -0.1) is 0 Å². The summed E-state index contributed by atoms with van der Waals surface area (Å²) in [6.07, 6.45) is 26.4. The van der Waals surface area contributed by atoms with Crippen LogP contribution in [0.15, 0.2) is 0 Å². The Hall–Kier alpha value is -1.94. The Morgan fingerprint density at radius 2 is 0.580 bits per heavy atom. The van der Waals surface area contributed by atoms with E-state index in [9.17, 15) is 43.2 Å². The summed E-state index contributed by atoms with van der Waals surface area (Å²) >= 11 is 0. The SMILES string of the molecule is CCCCCCCCCCCCCCC(=O)OC[C@H](COP(=O)(O)OC[C@H](O)COP(=O)(O)OC[C@@H](COC(=O)CCCCC)OC(=O)CCCCCCC)OC(=O)CCCCCCCCCCC. The minimum atomic E-state index is -4.92. The van der Waals surface area contributed by atoms with E-state index in [0.29, 0.717) is 25.7 Å². The number of phosphoric acid groups is 2. The lowest BCUT2D eigenvalue weighted by Gasteiger charge is -2.21. The minimum Gasteiger partial charge on any atom is -0.462 e. The average molecular weight is 1030 g/mol. The third kappa shape index (κ3) is 45.7. The van der Waals surface area contributed by atoms with E-state index in [1.807, 2.05) is 6.92 Å². The van der Waals surface area contributed by atoms with E-state index in [-0.39, 0.29) is 25.7 Å². The molecule has 0 amide bonds. The van der Waals surface area contributed by atoms with Crippen molar-refractivity contribution in [3.63, 3.8) is 0 Å². The van der Waals surface area contributed by atoms with Crippen molar-refractivity contribution in [2.24, 2.45) is 0 Å². The van der Waals surface area contributed by atoms with Crippen LogP contribution < -0.4 is 0 Å². The molecule has 0 aliphatic heterocycles. The Balaban J connectivity index is 5.09. The molecular weight excluding hydrogens is 934 g/mol. The molecule has 0 aliphatic carbocycles. The lowest BCUT2D eigenvalue weighted by molar-refractivity contribution is -0.161. The number of rotatable bonds is 51. The number of aliphatic hydroxyl groups is 1. The van der Waals surface area contributed by atoms with Crippen molar-refractivity contribution in [3.8, 4) is 0 Å². The minimum absolute atomic E-state index is 0.0980. The van der Waals surface area contributed by atoms with E-state index in [4.69, 9.17) is 37.0 Å². The second kappa shape index (κ2) is 45.9. The van der Waals surface area contributed by atoms with Crippen molar-refractivity contribution >= 4 is 39.5 Å². The third-order valence-corrected chi connectivity index (χ3v) is 13.3. The number of carbonyl (C=O) groups is 4. The van der Waals surface area contributed by atoms with E-state index < -0.39 is 97.5 Å². The number of carbonyl (C=O) groups excluding carboxylic acids is 4. The number of hydrogen-bond acceptors (Lipinski definition) is 15. The maximum atomic E-state index is 12.8. The number of hydrogen-bond donors (Lipinski definition) is 3. The van der Waals surface area contributed by atoms with Gasteiger partial charge in [-0.3, -0.25) is 37.3 Å². The summed E-state index contributed by atoms with van der Waals surface area (Å²) in [6.45, 7) is 4.49. The van der Waals surface area contributed by atoms with Gasteiger partial charge >= 0.3 is 39.5 Å². The summed E-state index contributed by atoms with van der Waals surface area (Å²) in [7, 11) is -9.83. The first-order valence-electron chi connectivity index (χ1n) is 26.8. The first-order chi connectivity index (χ1) is 33.2. The van der Waals surface area contributed by atoms with Crippen LogP contribution in [0.5, 0.6) is 0 Å². The average Bonchev–Trinajstić information content (AvgIpc) is 3.31. The van der Waals surface area contributed by atoms with Crippen LogP contribution in [0.2, 0.25) is 0 Å². The van der Waals surface area contributed by atoms with E-state index in [1.54, 1.807) is 0 Å². The first kappa shape index (κ1) is 67.1. The molecule has 5 atom stereocenters. The van der Waals surface area contributed by atoms with E-state index >= 15 is 0 Å². The zero-order chi connectivity index (χ0) is 51.3. The molecule has 0 aromatic heterocycles. The zero-order valence-corrected chi connectivity index (χ0v) is 45.0. The molecule has 0 fully saturated rings. The van der Waals surface area contributed by atoms with Gasteiger partial charge in [-0.1, -0.05) is 188 Å². The van der Waals surface area contributed by atoms with Gasteiger partial charge in [-0.2, -0.15) is 0 Å². The van der Waals surface area contributed by atoms with E-state index in [0.717, 1.165) is 83.5 Å². The molecule has 0 heterocycles. The molecule has 408 valence electrons. The highest BCUT2D eigenvalue weighted by atomic mass is 31.2. The van der Waals surface area contributed by atoms with Gasteiger partial charge in [0.05, 0.1) is 26.4 Å². The Morgan fingerprint density at radius 3 is 0.884 bits per heavy atom. The van der Waals surface area contributed by atoms with Crippen LogP contribution in [0.25, 0.3) is 0 Å². The fourth-order valence-electron chi connectivity index (χ4n) is 7.16. The van der Waals surface area contributed by atoms with E-state index in [1.165, 1.54) is 77.0 Å². The van der Waals surface area contributed by atoms with Crippen LogP contribution in [0.3, 0.4) is 0 Å². The molecule has 0 radical (unpaired) electrons. The van der Waals surface area contributed by atoms with Gasteiger partial charge in [0.15, 0.2) is 12.2 Å². The molecule has 19 heteroatoms. The fraction of sp³-hybridized carbons (Fsp3) is 0.920. The van der Waals surface area contributed by atoms with Crippen LogP contribution in [0.1, 0.15) is 240 Å². The maximum Gasteiger partial charge on any atom is 0.472 e. The summed E-state index contributed by atoms with van der Waals surface area (Å²) in [5, 5.41) is 10.4. The predicted molar refractivity (Wildman–Crippen MR) is 266 cm³/mol. The fourth-order valence-corrected chi connectivity index (χ4v) is 8.74. The van der Waals surface area contributed by atoms with Crippen molar-refractivity contribution in [1.29, 1.82) is 0 Å². The van der Waals surface area contributed by atoms with Gasteiger partial charge in [-0.25, -0.2) is 9.13 Å². The lowest BCUT2D eigenvalue weighted by atomic mass is 10.0. The van der Waals surface area contributed by atoms with Crippen LogP contribution in [0.4, 0.5) is 0 Å². The highest BCUT2D eigenvalue weighted by Crippen LogP contribution is 2.45. The highest BCUT2D eigenvalue weighted by molar-refractivity contribution is 7.47. The topological polar surface area (TPSA) is 237 Å². The molecule has 0 aliphatic rings. The maximum absolute atomic E-state index is 12.8. The monoisotopic (exact) mass is 1030 g/mol. The van der Waals surface area contributed by atoms with Crippen molar-refractivity contribution in [3.05, 3.63) is 0 Å². The molecule has 69 heavy (non-hydrogen) atoms. The van der Waals surface area contributed by atoms with Gasteiger partial charge < -0.3 is 33.8 Å². The van der Waals surface area contributed by atoms with Crippen molar-refractivity contribution in [2.45, 2.75) is 258 Å². The summed E-state index contributed by atoms with van der Waals surface area (Å²) < 4.78 is 66.8. The van der Waals surface area contributed by atoms with Gasteiger partial charge in [0, 0.05) is 25.7 Å². The number of unbranched alkanes of at least 4 members (excludes halogenated alkanes) is 25. The Morgan fingerprint density at radius 1 is 0.348 bits per heavy atom. The number of ether oxygens (including phenoxy) is 4. The second-order valence-corrected chi connectivity index (χ2v) is 21.1. The standard InChI is InChI=1S/C50H96O17P2/c1-5-9-13-16-18-20-21-22-24-25-28-31-35-48(53)61-41-46(67-50(55)37-33-29-26-23-19-17-14-10-6-2)43-65-69(58,59)63-39-44(51)38-62-68(56,57)64-42-45(40-60-47(52)34-30-12-8-4)66-49(54)36-32-27-15-11-7-3/h44-46,51H,5-43H2,1-4H3,(H,56,57)(H,58,59)/t44-,45-,46-/m1/s1. The molecule has 3 N–H and O–H groups in total. The first-order valence-corrected chi connectivity index (χ1v) is 29.8. The highest BCUT2D eigenvalue weighted by Gasteiger charge is 2.30. The molecular formula is C50H96O17P2. The molecule has 0 aromatic rings. The number of aliphatic hydroxyl groups excluding tert-OH is 1. The van der Waals surface area contributed by atoms with Crippen LogP contribution in [-0.2, 0) is 65.4 Å². The Bertz CT molecular complexity index is 1370. The Kier molecular flexibility index (Phi) is 44.6. The zero-order valence-electron chi connectivity index (χ0n) is 43.3. The van der Waals surface area contributed by atoms with Crippen molar-refractivity contribution < 1.29 is 80.2 Å². The molecule has 0 aromatic carbocycles. The molecule has 0 bridgehead atoms. The molecule has 0 saturated heterocycles. The lowest BCUT2D eigenvalue weighted by Crippen LogP contribution is -2.30. The van der Waals surface area contributed by atoms with E-state index in [2.05, 4.69) is 20.8 Å². The molecule has 2 unspecified atom stereocenters. The summed E-state index contributed by atoms with van der Waals surface area (Å²) in [5.74, 6) is -2.19. The largest absolute Gasteiger partial charge is 0.472 e. The number of phosphoric ester groups is 2. The second-order valence-electron chi connectivity index (χ2n) is 18.2. The number of esters is 4. The van der Waals surface area contributed by atoms with Crippen molar-refractivity contribution in [1.82, 2.24) is 0 Å². The van der Waals surface area contributed by atoms with Gasteiger partial charge in [0.25, 0.3) is 0 Å². The third-order valence-electron chi connectivity index (χ3n) is 11.4. The molecule has 0 spiro atoms. The normalized spacial score (nSPS) is 14.6. The smallest absolute Gasteiger partial charge is 0.462 e. The summed E-state index contributed by atoms with van der Waals surface area (Å²) in [5.41, 5.74) is 0. The quantitative estimate of drug-likeness (QED) is 0.0222.